The van der Waals surface area contributed by atoms with E-state index < -0.39 is 15.3 Å². The highest BCUT2D eigenvalue weighted by atomic mass is 32.2. The number of hydrogen-bond acceptors (Lipinski definition) is 4. The molecule has 0 bridgehead atoms. The largest absolute Gasteiger partial charge is 0.318 e. The summed E-state index contributed by atoms with van der Waals surface area (Å²) >= 11 is 0. The molecule has 1 aromatic heterocycles. The van der Waals surface area contributed by atoms with Crippen molar-refractivity contribution in [1.29, 1.82) is 0 Å². The van der Waals surface area contributed by atoms with Crippen LogP contribution in [0.1, 0.15) is 6.92 Å². The number of rotatable bonds is 5. The van der Waals surface area contributed by atoms with Crippen molar-refractivity contribution in [3.63, 3.8) is 0 Å². The van der Waals surface area contributed by atoms with Crippen LogP contribution in [0.2, 0.25) is 0 Å². The third kappa shape index (κ3) is 3.49. The fraction of sp³-hybridized carbons (Fsp3) is 0.444. The van der Waals surface area contributed by atoms with E-state index in [0.717, 1.165) is 0 Å². The van der Waals surface area contributed by atoms with Crippen LogP contribution in [0.15, 0.2) is 24.5 Å². The maximum atomic E-state index is 11.7. The van der Waals surface area contributed by atoms with Gasteiger partial charge in [0, 0.05) is 12.7 Å². The Balaban J connectivity index is 2.73. The van der Waals surface area contributed by atoms with Crippen molar-refractivity contribution in [2.45, 2.75) is 12.2 Å². The number of nitrogens with zero attached hydrogens (tertiary/aromatic N) is 1. The van der Waals surface area contributed by atoms with Gasteiger partial charge in [-0.25, -0.2) is 8.42 Å². The molecule has 1 aromatic rings. The molecule has 2 N–H and O–H groups in total. The van der Waals surface area contributed by atoms with Gasteiger partial charge in [0.2, 0.25) is 10.0 Å². The van der Waals surface area contributed by atoms with E-state index in [2.05, 4.69) is 15.0 Å². The molecule has 0 radical (unpaired) electrons. The third-order valence-electron chi connectivity index (χ3n) is 1.94. The molecule has 5 nitrogen and oxygen atoms in total. The number of sulfonamides is 1. The summed E-state index contributed by atoms with van der Waals surface area (Å²) in [6.07, 6.45) is 3.07. The molecule has 15 heavy (non-hydrogen) atoms. The second-order valence-corrected chi connectivity index (χ2v) is 5.36. The normalized spacial score (nSPS) is 13.5. The minimum absolute atomic E-state index is 0.412. The molecule has 1 heterocycles. The second-order valence-electron chi connectivity index (χ2n) is 3.26. The summed E-state index contributed by atoms with van der Waals surface area (Å²) in [6, 6.07) is 3.34. The van der Waals surface area contributed by atoms with E-state index in [-0.39, 0.29) is 0 Å². The average Bonchev–Trinajstić information content (AvgIpc) is 2.19. The van der Waals surface area contributed by atoms with Gasteiger partial charge in [0.15, 0.2) is 0 Å². The van der Waals surface area contributed by atoms with Crippen LogP contribution in [0.25, 0.3) is 0 Å². The van der Waals surface area contributed by atoms with Crippen molar-refractivity contribution in [3.8, 4) is 0 Å². The fourth-order valence-corrected chi connectivity index (χ4v) is 2.12. The fourth-order valence-electron chi connectivity index (χ4n) is 1.09. The second kappa shape index (κ2) is 5.09. The first-order valence-electron chi connectivity index (χ1n) is 4.62. The van der Waals surface area contributed by atoms with Crippen molar-refractivity contribution in [2.24, 2.45) is 0 Å². The Kier molecular flexibility index (Phi) is 4.05. The van der Waals surface area contributed by atoms with Gasteiger partial charge >= 0.3 is 0 Å². The maximum absolute atomic E-state index is 11.7. The minimum Gasteiger partial charge on any atom is -0.318 e. The molecular formula is C9H15N3O2S. The van der Waals surface area contributed by atoms with Gasteiger partial charge in [0.25, 0.3) is 0 Å². The van der Waals surface area contributed by atoms with Gasteiger partial charge in [0.05, 0.1) is 17.1 Å². The summed E-state index contributed by atoms with van der Waals surface area (Å²) < 4.78 is 25.9. The summed E-state index contributed by atoms with van der Waals surface area (Å²) in [7, 11) is -1.61. The molecule has 0 spiro atoms. The Morgan fingerprint density at radius 1 is 1.53 bits per heavy atom. The van der Waals surface area contributed by atoms with E-state index in [1.54, 1.807) is 32.3 Å². The Bertz CT molecular complexity index is 391. The molecular weight excluding hydrogens is 214 g/mol. The van der Waals surface area contributed by atoms with Crippen molar-refractivity contribution in [2.75, 3.05) is 18.3 Å². The average molecular weight is 229 g/mol. The van der Waals surface area contributed by atoms with E-state index in [1.807, 2.05) is 0 Å². The van der Waals surface area contributed by atoms with Crippen LogP contribution in [-0.4, -0.2) is 32.2 Å². The molecule has 0 aliphatic carbocycles. The molecule has 0 fully saturated rings. The summed E-state index contributed by atoms with van der Waals surface area (Å²) in [5.41, 5.74) is 0.487. The van der Waals surface area contributed by atoms with E-state index >= 15 is 0 Å². The van der Waals surface area contributed by atoms with Crippen molar-refractivity contribution in [1.82, 2.24) is 10.3 Å². The molecule has 1 unspecified atom stereocenters. The molecule has 1 atom stereocenters. The molecule has 0 saturated heterocycles. The summed E-state index contributed by atoms with van der Waals surface area (Å²) in [6.45, 7) is 2.06. The zero-order valence-electron chi connectivity index (χ0n) is 8.77. The minimum atomic E-state index is -3.33. The predicted molar refractivity (Wildman–Crippen MR) is 60.2 cm³/mol. The highest BCUT2D eigenvalue weighted by Gasteiger charge is 2.19. The Morgan fingerprint density at radius 2 is 2.27 bits per heavy atom. The Labute approximate surface area is 90.0 Å². The van der Waals surface area contributed by atoms with Gasteiger partial charge in [-0.15, -0.1) is 0 Å². The first-order valence-corrected chi connectivity index (χ1v) is 6.17. The molecule has 0 saturated carbocycles. The first kappa shape index (κ1) is 11.9. The lowest BCUT2D eigenvalue weighted by molar-refractivity contribution is 0.583. The van der Waals surface area contributed by atoms with Gasteiger partial charge in [-0.05, 0) is 26.1 Å². The van der Waals surface area contributed by atoms with Gasteiger partial charge < -0.3 is 5.32 Å². The Morgan fingerprint density at radius 3 is 2.80 bits per heavy atom. The van der Waals surface area contributed by atoms with Gasteiger partial charge in [-0.2, -0.15) is 0 Å². The number of nitrogens with one attached hydrogen (secondary N) is 2. The van der Waals surface area contributed by atoms with Crippen LogP contribution >= 0.6 is 0 Å². The third-order valence-corrected chi connectivity index (χ3v) is 3.69. The molecule has 0 aliphatic rings. The van der Waals surface area contributed by atoms with Crippen molar-refractivity contribution < 1.29 is 8.42 Å². The van der Waals surface area contributed by atoms with Crippen LogP contribution in [0.4, 0.5) is 5.69 Å². The van der Waals surface area contributed by atoms with Gasteiger partial charge in [0.1, 0.15) is 0 Å². The van der Waals surface area contributed by atoms with Crippen molar-refractivity contribution in [3.05, 3.63) is 24.5 Å². The SMILES string of the molecule is CNCC(C)S(=O)(=O)Nc1cccnc1. The van der Waals surface area contributed by atoms with Crippen LogP contribution < -0.4 is 10.0 Å². The summed E-state index contributed by atoms with van der Waals surface area (Å²) in [4.78, 5) is 3.83. The Hall–Kier alpha value is -1.14. The lowest BCUT2D eigenvalue weighted by atomic mass is 10.4. The lowest BCUT2D eigenvalue weighted by Gasteiger charge is -2.13. The van der Waals surface area contributed by atoms with Crippen LogP contribution in [0, 0.1) is 0 Å². The zero-order valence-corrected chi connectivity index (χ0v) is 9.58. The number of pyridine rings is 1. The van der Waals surface area contributed by atoms with E-state index in [4.69, 9.17) is 0 Å². The van der Waals surface area contributed by atoms with E-state index in [0.29, 0.717) is 12.2 Å². The topological polar surface area (TPSA) is 71.1 Å². The van der Waals surface area contributed by atoms with Gasteiger partial charge in [-0.1, -0.05) is 0 Å². The van der Waals surface area contributed by atoms with E-state index in [1.165, 1.54) is 6.20 Å². The lowest BCUT2D eigenvalue weighted by Crippen LogP contribution is -2.33. The zero-order chi connectivity index (χ0) is 11.3. The quantitative estimate of drug-likeness (QED) is 0.768. The molecule has 1 rings (SSSR count). The van der Waals surface area contributed by atoms with Crippen LogP contribution in [0.3, 0.4) is 0 Å². The smallest absolute Gasteiger partial charge is 0.236 e. The monoisotopic (exact) mass is 229 g/mol. The van der Waals surface area contributed by atoms with E-state index in [9.17, 15) is 8.42 Å². The number of aromatic nitrogens is 1. The highest BCUT2D eigenvalue weighted by Crippen LogP contribution is 2.09. The molecule has 6 heteroatoms. The van der Waals surface area contributed by atoms with Gasteiger partial charge in [-0.3, -0.25) is 9.71 Å². The highest BCUT2D eigenvalue weighted by molar-refractivity contribution is 7.93. The number of anilines is 1. The van der Waals surface area contributed by atoms with Crippen LogP contribution in [0.5, 0.6) is 0 Å². The first-order chi connectivity index (χ1) is 7.06. The molecule has 0 amide bonds. The molecule has 84 valence electrons. The molecule has 0 aliphatic heterocycles. The molecule has 0 aromatic carbocycles. The standard InChI is InChI=1S/C9H15N3O2S/c1-8(6-10-2)15(13,14)12-9-4-3-5-11-7-9/h3-5,7-8,10,12H,6H2,1-2H3. The van der Waals surface area contributed by atoms with Crippen molar-refractivity contribution >= 4 is 15.7 Å². The number of hydrogen-bond donors (Lipinski definition) is 2. The summed E-state index contributed by atoms with van der Waals surface area (Å²) in [5.74, 6) is 0. The maximum Gasteiger partial charge on any atom is 0.236 e. The van der Waals surface area contributed by atoms with Crippen LogP contribution in [-0.2, 0) is 10.0 Å². The predicted octanol–water partition coefficient (Wildman–Crippen LogP) is 0.431. The summed E-state index contributed by atoms with van der Waals surface area (Å²) in [5, 5.41) is 2.34.